The molecule has 0 spiro atoms. The zero-order chi connectivity index (χ0) is 21.7. The third kappa shape index (κ3) is 5.89. The van der Waals surface area contributed by atoms with Crippen molar-refractivity contribution in [1.82, 2.24) is 4.90 Å². The summed E-state index contributed by atoms with van der Waals surface area (Å²) in [5.74, 6) is 0.364. The molecule has 29 heavy (non-hydrogen) atoms. The van der Waals surface area contributed by atoms with Gasteiger partial charge in [0.25, 0.3) is 0 Å². The van der Waals surface area contributed by atoms with E-state index < -0.39 is 0 Å². The van der Waals surface area contributed by atoms with Crippen molar-refractivity contribution < 1.29 is 9.59 Å². The van der Waals surface area contributed by atoms with Crippen LogP contribution in [-0.2, 0) is 11.2 Å². The second kappa shape index (κ2) is 10.0. The van der Waals surface area contributed by atoms with Gasteiger partial charge in [-0.15, -0.1) is 0 Å². The smallest absolute Gasteiger partial charge is 0.165 e. The van der Waals surface area contributed by atoms with Crippen molar-refractivity contribution >= 4 is 17.3 Å². The number of Topliss-reactive ketones (excluding diaryl/α,β-unsaturated/α-hetero) is 2. The van der Waals surface area contributed by atoms with Gasteiger partial charge in [-0.2, -0.15) is 0 Å². The van der Waals surface area contributed by atoms with Gasteiger partial charge in [0.05, 0.1) is 0 Å². The number of hydrogen-bond acceptors (Lipinski definition) is 4. The molecule has 0 aromatic heterocycles. The van der Waals surface area contributed by atoms with Crippen molar-refractivity contribution in [2.45, 2.75) is 47.5 Å². The van der Waals surface area contributed by atoms with Crippen LogP contribution in [-0.4, -0.2) is 43.7 Å². The number of hydrogen-bond donors (Lipinski definition) is 0. The fraction of sp³-hybridized carbons (Fsp3) is 0.520. The number of benzene rings is 1. The molecule has 1 heterocycles. The maximum Gasteiger partial charge on any atom is 0.165 e. The van der Waals surface area contributed by atoms with Crippen LogP contribution in [0.4, 0.5) is 5.69 Å². The van der Waals surface area contributed by atoms with Gasteiger partial charge in [0.1, 0.15) is 0 Å². The van der Waals surface area contributed by atoms with E-state index in [0.29, 0.717) is 0 Å². The number of rotatable bonds is 9. The van der Waals surface area contributed by atoms with Crippen molar-refractivity contribution in [1.29, 1.82) is 0 Å². The first kappa shape index (κ1) is 23.1. The van der Waals surface area contributed by atoms with Crippen LogP contribution in [0.5, 0.6) is 0 Å². The van der Waals surface area contributed by atoms with Gasteiger partial charge in [-0.05, 0) is 69.4 Å². The topological polar surface area (TPSA) is 40.6 Å². The first-order valence-corrected chi connectivity index (χ1v) is 10.6. The third-order valence-electron chi connectivity index (χ3n) is 5.32. The van der Waals surface area contributed by atoms with E-state index in [4.69, 9.17) is 0 Å². The Bertz CT molecular complexity index is 816. The van der Waals surface area contributed by atoms with E-state index in [1.54, 1.807) is 0 Å². The van der Waals surface area contributed by atoms with Gasteiger partial charge in [-0.1, -0.05) is 33.8 Å². The second-order valence-corrected chi connectivity index (χ2v) is 8.87. The highest BCUT2D eigenvalue weighted by Crippen LogP contribution is 2.36. The zero-order valence-electron chi connectivity index (χ0n) is 19.1. The summed E-state index contributed by atoms with van der Waals surface area (Å²) in [5.41, 5.74) is 5.12. The molecule has 1 aliphatic rings. The molecule has 0 unspecified atom stereocenters. The number of anilines is 1. The van der Waals surface area contributed by atoms with Crippen LogP contribution in [0.2, 0.25) is 0 Å². The number of allylic oxidation sites excluding steroid dienone is 4. The summed E-state index contributed by atoms with van der Waals surface area (Å²) in [7, 11) is 4.17. The van der Waals surface area contributed by atoms with Crippen LogP contribution in [0.25, 0.3) is 0 Å². The zero-order valence-corrected chi connectivity index (χ0v) is 19.1. The van der Waals surface area contributed by atoms with Crippen LogP contribution in [0.1, 0.15) is 57.0 Å². The Hall–Kier alpha value is -2.20. The minimum Gasteiger partial charge on any atom is -0.344 e. The molecule has 0 fully saturated rings. The monoisotopic (exact) mass is 396 g/mol. The molecule has 1 aromatic rings. The molecule has 4 nitrogen and oxygen atoms in total. The highest BCUT2D eigenvalue weighted by molar-refractivity contribution is 5.98. The minimum absolute atomic E-state index is 0.00576. The molecular formula is C25H36N2O2. The van der Waals surface area contributed by atoms with Gasteiger partial charge < -0.3 is 9.80 Å². The molecule has 0 bridgehead atoms. The van der Waals surface area contributed by atoms with E-state index in [2.05, 4.69) is 36.0 Å². The largest absolute Gasteiger partial charge is 0.344 e. The molecule has 0 atom stereocenters. The van der Waals surface area contributed by atoms with E-state index in [1.165, 1.54) is 16.9 Å². The molecule has 2 rings (SSSR count). The van der Waals surface area contributed by atoms with Crippen molar-refractivity contribution in [2.75, 3.05) is 32.1 Å². The highest BCUT2D eigenvalue weighted by atomic mass is 16.1. The van der Waals surface area contributed by atoms with E-state index in [-0.39, 0.29) is 23.4 Å². The summed E-state index contributed by atoms with van der Waals surface area (Å²) in [5, 5.41) is 0. The predicted molar refractivity (Wildman–Crippen MR) is 122 cm³/mol. The number of carbonyl (C=O) groups is 2. The average molecular weight is 397 g/mol. The normalized spacial score (nSPS) is 15.7. The number of ketones is 2. The molecule has 158 valence electrons. The number of fused-ring (bicyclic) bond motifs is 1. The van der Waals surface area contributed by atoms with Crippen molar-refractivity contribution in [2.24, 2.45) is 11.8 Å². The van der Waals surface area contributed by atoms with Crippen molar-refractivity contribution in [3.05, 3.63) is 52.7 Å². The predicted octanol–water partition coefficient (Wildman–Crippen LogP) is 4.89. The number of carbonyl (C=O) groups excluding carboxylic acids is 2. The molecule has 0 radical (unpaired) electrons. The van der Waals surface area contributed by atoms with Crippen LogP contribution < -0.4 is 4.90 Å². The Balaban J connectivity index is 2.33. The molecule has 0 saturated heterocycles. The Labute approximate surface area is 176 Å². The minimum atomic E-state index is -0.00621. The molecule has 0 saturated carbocycles. The standard InChI is InChI=1S/C25H36N2O2/c1-17(2)24(28)19(5)9-11-22-16-21-15-20(25(29)18(3)4)10-12-23(21)27(22)14-8-13-26(6)7/h9-12,15,17-18H,8,13-14,16H2,1-7H3/b19-9+,22-11+. The molecule has 1 aliphatic heterocycles. The average Bonchev–Trinajstić information content (AvgIpc) is 3.01. The van der Waals surface area contributed by atoms with Gasteiger partial charge >= 0.3 is 0 Å². The summed E-state index contributed by atoms with van der Waals surface area (Å²) in [6, 6.07) is 6.08. The van der Waals surface area contributed by atoms with Crippen molar-refractivity contribution in [3.63, 3.8) is 0 Å². The first-order chi connectivity index (χ1) is 13.6. The SMILES string of the molecule is C/C(=C\C=C1/Cc2cc(C(=O)C(C)C)ccc2N1CCCN(C)C)C(=O)C(C)C. The molecule has 0 amide bonds. The highest BCUT2D eigenvalue weighted by Gasteiger charge is 2.25. The quantitative estimate of drug-likeness (QED) is 0.440. The van der Waals surface area contributed by atoms with E-state index >= 15 is 0 Å². The van der Waals surface area contributed by atoms with Crippen LogP contribution >= 0.6 is 0 Å². The van der Waals surface area contributed by atoms with Crippen LogP contribution in [0, 0.1) is 11.8 Å². The lowest BCUT2D eigenvalue weighted by Gasteiger charge is -2.22. The van der Waals surface area contributed by atoms with Gasteiger partial charge in [0.2, 0.25) is 0 Å². The lowest BCUT2D eigenvalue weighted by atomic mass is 9.98. The molecule has 4 heteroatoms. The van der Waals surface area contributed by atoms with E-state index in [0.717, 1.165) is 37.1 Å². The molecule has 1 aromatic carbocycles. The van der Waals surface area contributed by atoms with E-state index in [1.807, 2.05) is 52.8 Å². The van der Waals surface area contributed by atoms with Crippen LogP contribution in [0.15, 0.2) is 41.6 Å². The van der Waals surface area contributed by atoms with E-state index in [9.17, 15) is 9.59 Å². The first-order valence-electron chi connectivity index (χ1n) is 10.6. The summed E-state index contributed by atoms with van der Waals surface area (Å²) in [6.07, 6.45) is 5.86. The van der Waals surface area contributed by atoms with Crippen molar-refractivity contribution in [3.8, 4) is 0 Å². The third-order valence-corrected chi connectivity index (χ3v) is 5.32. The van der Waals surface area contributed by atoms with Gasteiger partial charge in [-0.3, -0.25) is 9.59 Å². The Kier molecular flexibility index (Phi) is 7.97. The lowest BCUT2D eigenvalue weighted by Crippen LogP contribution is -2.24. The van der Waals surface area contributed by atoms with Crippen LogP contribution in [0.3, 0.4) is 0 Å². The van der Waals surface area contributed by atoms with Gasteiger partial charge in [0.15, 0.2) is 11.6 Å². The van der Waals surface area contributed by atoms with Gasteiger partial charge in [0, 0.05) is 41.7 Å². The fourth-order valence-electron chi connectivity index (χ4n) is 3.64. The Morgan fingerprint density at radius 2 is 1.83 bits per heavy atom. The Morgan fingerprint density at radius 1 is 1.14 bits per heavy atom. The maximum absolute atomic E-state index is 12.4. The Morgan fingerprint density at radius 3 is 2.41 bits per heavy atom. The lowest BCUT2D eigenvalue weighted by molar-refractivity contribution is -0.118. The second-order valence-electron chi connectivity index (χ2n) is 8.87. The summed E-state index contributed by atoms with van der Waals surface area (Å²) < 4.78 is 0. The summed E-state index contributed by atoms with van der Waals surface area (Å²) in [6.45, 7) is 11.6. The summed E-state index contributed by atoms with van der Waals surface area (Å²) >= 11 is 0. The molecule has 0 N–H and O–H groups in total. The van der Waals surface area contributed by atoms with Gasteiger partial charge in [-0.25, -0.2) is 0 Å². The number of nitrogens with zero attached hydrogens (tertiary/aromatic N) is 2. The fourth-order valence-corrected chi connectivity index (χ4v) is 3.64. The summed E-state index contributed by atoms with van der Waals surface area (Å²) in [4.78, 5) is 29.2. The molecular weight excluding hydrogens is 360 g/mol. The molecule has 0 aliphatic carbocycles. The maximum atomic E-state index is 12.4.